The molecule has 0 bridgehead atoms. The molecule has 9 heteroatoms. The maximum absolute atomic E-state index is 13.7. The van der Waals surface area contributed by atoms with Gasteiger partial charge >= 0.3 is 0 Å². The third-order valence-electron chi connectivity index (χ3n) is 7.00. The van der Waals surface area contributed by atoms with E-state index in [1.807, 2.05) is 13.8 Å². The van der Waals surface area contributed by atoms with Crippen LogP contribution in [0.25, 0.3) is 0 Å². The average Bonchev–Trinajstić information content (AvgIpc) is 2.85. The molecule has 186 valence electrons. The van der Waals surface area contributed by atoms with Crippen LogP contribution in [0.4, 0.5) is 11.4 Å². The Labute approximate surface area is 215 Å². The Morgan fingerprint density at radius 1 is 1.09 bits per heavy atom. The highest BCUT2D eigenvalue weighted by Gasteiger charge is 2.40. The Bertz CT molecular complexity index is 1150. The van der Waals surface area contributed by atoms with Gasteiger partial charge in [0.2, 0.25) is 5.91 Å². The predicted octanol–water partition coefficient (Wildman–Crippen LogP) is 5.01. The minimum atomic E-state index is -0.708. The first-order valence-electron chi connectivity index (χ1n) is 12.0. The van der Waals surface area contributed by atoms with E-state index >= 15 is 0 Å². The summed E-state index contributed by atoms with van der Waals surface area (Å²) in [4.78, 5) is 41.3. The Hall–Kier alpha value is -2.61. The number of nitrogens with two attached hydrogens (primary N) is 1. The summed E-state index contributed by atoms with van der Waals surface area (Å²) in [6, 6.07) is 9.24. The van der Waals surface area contributed by atoms with E-state index in [1.165, 1.54) is 11.0 Å². The Morgan fingerprint density at radius 2 is 1.77 bits per heavy atom. The fourth-order valence-corrected chi connectivity index (χ4v) is 5.03. The van der Waals surface area contributed by atoms with Gasteiger partial charge < -0.3 is 16.4 Å². The van der Waals surface area contributed by atoms with Gasteiger partial charge in [-0.1, -0.05) is 43.5 Å². The van der Waals surface area contributed by atoms with Gasteiger partial charge in [-0.2, -0.15) is 0 Å². The topological polar surface area (TPSA) is 105 Å². The molecule has 0 saturated heterocycles. The molecular weight excluding hydrogens is 487 g/mol. The van der Waals surface area contributed by atoms with E-state index < -0.39 is 6.04 Å². The maximum Gasteiger partial charge on any atom is 0.259 e. The molecule has 2 aromatic rings. The molecule has 1 aliphatic carbocycles. The standard InChI is InChI=1S/C26H30Cl2N4O3/c1-3-14(2)23-25(34)31-21-13-15(24(33)30-18-8-6-17(29)7-9-18)5-11-22(21)32(23)26(35)16-4-10-19(27)20(28)12-16/h4-5,10-14,17-18,23H,3,6-9,29H2,1-2H3,(H,30,33)(H,31,34). The van der Waals surface area contributed by atoms with Crippen molar-refractivity contribution in [3.63, 3.8) is 0 Å². The third kappa shape index (κ3) is 5.32. The van der Waals surface area contributed by atoms with Crippen molar-refractivity contribution in [1.29, 1.82) is 0 Å². The lowest BCUT2D eigenvalue weighted by molar-refractivity contribution is -0.118. The molecule has 1 saturated carbocycles. The van der Waals surface area contributed by atoms with Crippen molar-refractivity contribution < 1.29 is 14.4 Å². The van der Waals surface area contributed by atoms with Crippen LogP contribution < -0.4 is 21.3 Å². The minimum absolute atomic E-state index is 0.0791. The van der Waals surface area contributed by atoms with Crippen molar-refractivity contribution >= 4 is 52.3 Å². The van der Waals surface area contributed by atoms with Crippen molar-refractivity contribution in [3.05, 3.63) is 57.6 Å². The molecule has 0 aromatic heterocycles. The zero-order chi connectivity index (χ0) is 25.3. The molecule has 7 nitrogen and oxygen atoms in total. The summed E-state index contributed by atoms with van der Waals surface area (Å²) in [5.41, 5.74) is 7.66. The van der Waals surface area contributed by atoms with Crippen LogP contribution >= 0.6 is 23.2 Å². The quantitative estimate of drug-likeness (QED) is 0.519. The normalized spacial score (nSPS) is 22.7. The first-order chi connectivity index (χ1) is 16.7. The SMILES string of the molecule is CCC(C)C1C(=O)Nc2cc(C(=O)NC3CCC(N)CC3)ccc2N1C(=O)c1ccc(Cl)c(Cl)c1. The summed E-state index contributed by atoms with van der Waals surface area (Å²) < 4.78 is 0. The Morgan fingerprint density at radius 3 is 2.43 bits per heavy atom. The number of benzene rings is 2. The molecule has 2 unspecified atom stereocenters. The fourth-order valence-electron chi connectivity index (χ4n) is 4.73. The van der Waals surface area contributed by atoms with Gasteiger partial charge in [-0.15, -0.1) is 0 Å². The summed E-state index contributed by atoms with van der Waals surface area (Å²) in [5.74, 6) is -0.968. The smallest absolute Gasteiger partial charge is 0.259 e. The van der Waals surface area contributed by atoms with Gasteiger partial charge in [0.15, 0.2) is 0 Å². The number of hydrogen-bond donors (Lipinski definition) is 3. The molecule has 1 aliphatic heterocycles. The van der Waals surface area contributed by atoms with Crippen LogP contribution in [0.5, 0.6) is 0 Å². The molecule has 2 aromatic carbocycles. The second kappa shape index (κ2) is 10.6. The summed E-state index contributed by atoms with van der Waals surface area (Å²) in [5, 5.41) is 6.58. The number of amides is 3. The second-order valence-corrected chi connectivity index (χ2v) is 10.3. The molecule has 1 fully saturated rings. The monoisotopic (exact) mass is 516 g/mol. The van der Waals surface area contributed by atoms with E-state index in [9.17, 15) is 14.4 Å². The predicted molar refractivity (Wildman–Crippen MR) is 139 cm³/mol. The van der Waals surface area contributed by atoms with Crippen LogP contribution in [-0.2, 0) is 4.79 Å². The highest BCUT2D eigenvalue weighted by atomic mass is 35.5. The van der Waals surface area contributed by atoms with E-state index in [2.05, 4.69) is 10.6 Å². The lowest BCUT2D eigenvalue weighted by Gasteiger charge is -2.39. The first-order valence-corrected chi connectivity index (χ1v) is 12.7. The zero-order valence-corrected chi connectivity index (χ0v) is 21.3. The van der Waals surface area contributed by atoms with E-state index in [0.29, 0.717) is 33.9 Å². The van der Waals surface area contributed by atoms with E-state index in [-0.39, 0.29) is 40.7 Å². The molecule has 1 heterocycles. The van der Waals surface area contributed by atoms with Crippen LogP contribution in [0.1, 0.15) is 66.7 Å². The van der Waals surface area contributed by atoms with Crippen molar-refractivity contribution in [2.75, 3.05) is 10.2 Å². The zero-order valence-electron chi connectivity index (χ0n) is 19.8. The molecule has 3 amide bonds. The van der Waals surface area contributed by atoms with Crippen molar-refractivity contribution in [2.45, 2.75) is 64.1 Å². The van der Waals surface area contributed by atoms with Gasteiger partial charge in [0.05, 0.1) is 21.4 Å². The minimum Gasteiger partial charge on any atom is -0.349 e. The summed E-state index contributed by atoms with van der Waals surface area (Å²) >= 11 is 12.2. The van der Waals surface area contributed by atoms with Gasteiger partial charge in [-0.3, -0.25) is 19.3 Å². The van der Waals surface area contributed by atoms with Crippen LogP contribution in [0.2, 0.25) is 10.0 Å². The van der Waals surface area contributed by atoms with Crippen LogP contribution in [0.15, 0.2) is 36.4 Å². The van der Waals surface area contributed by atoms with Crippen molar-refractivity contribution in [3.8, 4) is 0 Å². The average molecular weight is 517 g/mol. The van der Waals surface area contributed by atoms with E-state index in [0.717, 1.165) is 25.7 Å². The summed E-state index contributed by atoms with van der Waals surface area (Å²) in [6.45, 7) is 3.91. The lowest BCUT2D eigenvalue weighted by atomic mass is 9.91. The largest absolute Gasteiger partial charge is 0.349 e. The second-order valence-electron chi connectivity index (χ2n) is 9.44. The Kier molecular flexibility index (Phi) is 7.69. The fraction of sp³-hybridized carbons (Fsp3) is 0.423. The number of anilines is 2. The van der Waals surface area contributed by atoms with Gasteiger partial charge in [-0.05, 0) is 68.0 Å². The van der Waals surface area contributed by atoms with Gasteiger partial charge in [0.25, 0.3) is 11.8 Å². The first kappa shape index (κ1) is 25.5. The lowest BCUT2D eigenvalue weighted by Crippen LogP contribution is -2.54. The molecule has 0 radical (unpaired) electrons. The molecule has 35 heavy (non-hydrogen) atoms. The van der Waals surface area contributed by atoms with Gasteiger partial charge in [0, 0.05) is 23.2 Å². The number of fused-ring (bicyclic) bond motifs is 1. The number of rotatable bonds is 5. The number of carbonyl (C=O) groups is 3. The van der Waals surface area contributed by atoms with Gasteiger partial charge in [0.1, 0.15) is 6.04 Å². The van der Waals surface area contributed by atoms with Crippen LogP contribution in [0, 0.1) is 5.92 Å². The number of nitrogens with zero attached hydrogens (tertiary/aromatic N) is 1. The highest BCUT2D eigenvalue weighted by molar-refractivity contribution is 6.42. The number of hydrogen-bond acceptors (Lipinski definition) is 4. The van der Waals surface area contributed by atoms with Crippen LogP contribution in [0.3, 0.4) is 0 Å². The number of halogens is 2. The van der Waals surface area contributed by atoms with E-state index in [4.69, 9.17) is 28.9 Å². The number of nitrogens with one attached hydrogen (secondary N) is 2. The molecule has 2 aliphatic rings. The molecule has 0 spiro atoms. The van der Waals surface area contributed by atoms with E-state index in [1.54, 1.807) is 30.3 Å². The molecule has 2 atom stereocenters. The number of carbonyl (C=O) groups excluding carboxylic acids is 3. The Balaban J connectivity index is 1.66. The van der Waals surface area contributed by atoms with Crippen LogP contribution in [-0.4, -0.2) is 35.8 Å². The highest BCUT2D eigenvalue weighted by Crippen LogP contribution is 2.37. The van der Waals surface area contributed by atoms with Crippen molar-refractivity contribution in [2.24, 2.45) is 11.7 Å². The molecular formula is C26H30Cl2N4O3. The molecule has 4 rings (SSSR count). The summed E-state index contributed by atoms with van der Waals surface area (Å²) in [6.07, 6.45) is 4.15. The van der Waals surface area contributed by atoms with Gasteiger partial charge in [-0.25, -0.2) is 0 Å². The van der Waals surface area contributed by atoms with Crippen molar-refractivity contribution in [1.82, 2.24) is 5.32 Å². The third-order valence-corrected chi connectivity index (χ3v) is 7.74. The maximum atomic E-state index is 13.7. The molecule has 4 N–H and O–H groups in total. The summed E-state index contributed by atoms with van der Waals surface area (Å²) in [7, 11) is 0.